The fourth-order valence-corrected chi connectivity index (χ4v) is 2.22. The lowest BCUT2D eigenvalue weighted by Crippen LogP contribution is -1.88. The van der Waals surface area contributed by atoms with Crippen LogP contribution in [-0.4, -0.2) is 11.3 Å². The highest BCUT2D eigenvalue weighted by Gasteiger charge is 2.19. The Kier molecular flexibility index (Phi) is 2.82. The highest BCUT2D eigenvalue weighted by molar-refractivity contribution is 6.04. The minimum absolute atomic E-state index is 0.101. The molecule has 1 N–H and O–H groups in total. The van der Waals surface area contributed by atoms with E-state index < -0.39 is 17.5 Å². The van der Waals surface area contributed by atoms with Gasteiger partial charge in [0, 0.05) is 16.5 Å². The molecule has 20 heavy (non-hydrogen) atoms. The van der Waals surface area contributed by atoms with Crippen molar-refractivity contribution in [3.05, 3.63) is 59.4 Å². The third-order valence-electron chi connectivity index (χ3n) is 3.17. The van der Waals surface area contributed by atoms with Crippen LogP contribution in [0.2, 0.25) is 0 Å². The van der Waals surface area contributed by atoms with Gasteiger partial charge in [0.15, 0.2) is 17.9 Å². The topological polar surface area (TPSA) is 32.9 Å². The molecule has 1 aromatic heterocycles. The molecule has 5 heteroatoms. The number of aromatic amines is 1. The minimum atomic E-state index is -1.09. The zero-order valence-corrected chi connectivity index (χ0v) is 10.1. The van der Waals surface area contributed by atoms with E-state index >= 15 is 0 Å². The monoisotopic (exact) mass is 275 g/mol. The molecule has 0 spiro atoms. The Morgan fingerprint density at radius 1 is 0.950 bits per heavy atom. The smallest absolute Gasteiger partial charge is 0.182 e. The molecular weight excluding hydrogens is 267 g/mol. The zero-order chi connectivity index (χ0) is 14.3. The molecule has 2 aromatic carbocycles. The minimum Gasteiger partial charge on any atom is -0.351 e. The third kappa shape index (κ3) is 1.71. The molecule has 3 aromatic rings. The standard InChI is InChI=1S/C15H8F3NO/c16-11-4-2-1-3-9(11)14-10(7-20)8-5-6-12(17)13(18)15(8)19-14/h1-7,19H. The van der Waals surface area contributed by atoms with E-state index in [-0.39, 0.29) is 27.7 Å². The van der Waals surface area contributed by atoms with E-state index in [1.54, 1.807) is 6.07 Å². The maximum absolute atomic E-state index is 13.8. The van der Waals surface area contributed by atoms with E-state index in [1.165, 1.54) is 24.3 Å². The lowest BCUT2D eigenvalue weighted by molar-refractivity contribution is 0.112. The molecule has 1 heterocycles. The van der Waals surface area contributed by atoms with Crippen LogP contribution in [0.4, 0.5) is 13.2 Å². The maximum atomic E-state index is 13.8. The normalized spacial score (nSPS) is 10.9. The molecule has 2 nitrogen and oxygen atoms in total. The number of H-pyrrole nitrogens is 1. The van der Waals surface area contributed by atoms with E-state index in [4.69, 9.17) is 0 Å². The lowest BCUT2D eigenvalue weighted by atomic mass is 10.1. The summed E-state index contributed by atoms with van der Waals surface area (Å²) in [7, 11) is 0. The number of hydrogen-bond donors (Lipinski definition) is 1. The van der Waals surface area contributed by atoms with Gasteiger partial charge in [-0.15, -0.1) is 0 Å². The molecule has 3 rings (SSSR count). The first-order valence-electron chi connectivity index (χ1n) is 5.83. The van der Waals surface area contributed by atoms with Crippen molar-refractivity contribution in [3.63, 3.8) is 0 Å². The van der Waals surface area contributed by atoms with Gasteiger partial charge in [0.2, 0.25) is 0 Å². The average Bonchev–Trinajstić information content (AvgIpc) is 2.82. The molecule has 0 unspecified atom stereocenters. The lowest BCUT2D eigenvalue weighted by Gasteiger charge is -2.01. The third-order valence-corrected chi connectivity index (χ3v) is 3.17. The first-order valence-corrected chi connectivity index (χ1v) is 5.83. The van der Waals surface area contributed by atoms with Crippen LogP contribution >= 0.6 is 0 Å². The predicted molar refractivity (Wildman–Crippen MR) is 69.0 cm³/mol. The van der Waals surface area contributed by atoms with E-state index in [9.17, 15) is 18.0 Å². The van der Waals surface area contributed by atoms with Crippen molar-refractivity contribution in [1.82, 2.24) is 4.98 Å². The van der Waals surface area contributed by atoms with Crippen molar-refractivity contribution in [2.75, 3.05) is 0 Å². The van der Waals surface area contributed by atoms with Gasteiger partial charge in [-0.1, -0.05) is 12.1 Å². The SMILES string of the molecule is O=Cc1c(-c2ccccc2F)[nH]c2c(F)c(F)ccc12. The Bertz CT molecular complexity index is 823. The summed E-state index contributed by atoms with van der Waals surface area (Å²) in [4.78, 5) is 13.8. The number of hydrogen-bond acceptors (Lipinski definition) is 1. The number of nitrogens with one attached hydrogen (secondary N) is 1. The van der Waals surface area contributed by atoms with Crippen LogP contribution < -0.4 is 0 Å². The van der Waals surface area contributed by atoms with Crippen LogP contribution in [-0.2, 0) is 0 Å². The molecule has 0 aliphatic carbocycles. The van der Waals surface area contributed by atoms with Crippen LogP contribution in [0.1, 0.15) is 10.4 Å². The summed E-state index contributed by atoms with van der Waals surface area (Å²) in [5.74, 6) is -2.67. The van der Waals surface area contributed by atoms with Crippen molar-refractivity contribution in [2.24, 2.45) is 0 Å². The van der Waals surface area contributed by atoms with Gasteiger partial charge in [0.25, 0.3) is 0 Å². The molecule has 0 atom stereocenters. The summed E-state index contributed by atoms with van der Waals surface area (Å²) in [5, 5.41) is 0.220. The summed E-state index contributed by atoms with van der Waals surface area (Å²) in [6.45, 7) is 0. The number of halogens is 3. The summed E-state index contributed by atoms with van der Waals surface area (Å²) in [6, 6.07) is 8.01. The molecule has 0 fully saturated rings. The molecule has 0 aliphatic rings. The van der Waals surface area contributed by atoms with Crippen LogP contribution in [0.3, 0.4) is 0 Å². The Balaban J connectivity index is 2.40. The van der Waals surface area contributed by atoms with E-state index in [0.717, 1.165) is 6.07 Å². The van der Waals surface area contributed by atoms with Gasteiger partial charge in [0.05, 0.1) is 11.2 Å². The Morgan fingerprint density at radius 2 is 1.70 bits per heavy atom. The van der Waals surface area contributed by atoms with Crippen LogP contribution in [0.25, 0.3) is 22.2 Å². The average molecular weight is 275 g/mol. The van der Waals surface area contributed by atoms with Crippen molar-refractivity contribution in [1.29, 1.82) is 0 Å². The fraction of sp³-hybridized carbons (Fsp3) is 0. The number of carbonyl (C=O) groups excluding carboxylic acids is 1. The predicted octanol–water partition coefficient (Wildman–Crippen LogP) is 4.06. The maximum Gasteiger partial charge on any atom is 0.182 e. The van der Waals surface area contributed by atoms with Gasteiger partial charge in [-0.3, -0.25) is 4.79 Å². The highest BCUT2D eigenvalue weighted by atomic mass is 19.2. The van der Waals surface area contributed by atoms with Crippen molar-refractivity contribution >= 4 is 17.2 Å². The summed E-state index contributed by atoms with van der Waals surface area (Å²) in [6.07, 6.45) is 0.498. The van der Waals surface area contributed by atoms with Gasteiger partial charge >= 0.3 is 0 Å². The molecule has 0 saturated heterocycles. The van der Waals surface area contributed by atoms with E-state index in [1.807, 2.05) is 0 Å². The molecule has 0 saturated carbocycles. The van der Waals surface area contributed by atoms with Crippen LogP contribution in [0.15, 0.2) is 36.4 Å². The summed E-state index contributed by atoms with van der Waals surface area (Å²) >= 11 is 0. The van der Waals surface area contributed by atoms with E-state index in [2.05, 4.69) is 4.98 Å². The number of carbonyl (C=O) groups is 1. The molecule has 0 radical (unpaired) electrons. The number of fused-ring (bicyclic) bond motifs is 1. The van der Waals surface area contributed by atoms with Crippen LogP contribution in [0.5, 0.6) is 0 Å². The first kappa shape index (κ1) is 12.5. The van der Waals surface area contributed by atoms with Gasteiger partial charge < -0.3 is 4.98 Å². The Labute approximate surface area is 111 Å². The zero-order valence-electron chi connectivity index (χ0n) is 10.1. The molecule has 100 valence electrons. The second kappa shape index (κ2) is 4.52. The highest BCUT2D eigenvalue weighted by Crippen LogP contribution is 2.32. The van der Waals surface area contributed by atoms with Crippen LogP contribution in [0, 0.1) is 17.5 Å². The van der Waals surface area contributed by atoms with Crippen molar-refractivity contribution in [2.45, 2.75) is 0 Å². The van der Waals surface area contributed by atoms with Gasteiger partial charge in [-0.25, -0.2) is 13.2 Å². The van der Waals surface area contributed by atoms with Gasteiger partial charge in [-0.05, 0) is 24.3 Å². The van der Waals surface area contributed by atoms with Crippen molar-refractivity contribution in [3.8, 4) is 11.3 Å². The molecule has 0 aliphatic heterocycles. The Morgan fingerprint density at radius 3 is 2.40 bits per heavy atom. The molecular formula is C15H8F3NO. The quantitative estimate of drug-likeness (QED) is 0.703. The van der Waals surface area contributed by atoms with Gasteiger partial charge in [0.1, 0.15) is 5.82 Å². The first-order chi connectivity index (χ1) is 9.63. The molecule has 0 amide bonds. The number of rotatable bonds is 2. The summed E-state index contributed by atoms with van der Waals surface area (Å²) < 4.78 is 40.7. The molecule has 0 bridgehead atoms. The van der Waals surface area contributed by atoms with Gasteiger partial charge in [-0.2, -0.15) is 0 Å². The number of aromatic nitrogens is 1. The van der Waals surface area contributed by atoms with Crippen molar-refractivity contribution < 1.29 is 18.0 Å². The summed E-state index contributed by atoms with van der Waals surface area (Å²) in [5.41, 5.74) is 0.220. The van der Waals surface area contributed by atoms with E-state index in [0.29, 0.717) is 6.29 Å². The largest absolute Gasteiger partial charge is 0.351 e. The number of benzene rings is 2. The second-order valence-electron chi connectivity index (χ2n) is 4.30. The number of aldehydes is 1. The Hall–Kier alpha value is -2.56. The fourth-order valence-electron chi connectivity index (χ4n) is 2.22. The second-order valence-corrected chi connectivity index (χ2v) is 4.30.